The van der Waals surface area contributed by atoms with Gasteiger partial charge in [0.2, 0.25) is 0 Å². The summed E-state index contributed by atoms with van der Waals surface area (Å²) in [5.74, 6) is 1.43. The van der Waals surface area contributed by atoms with Crippen LogP contribution in [0, 0.1) is 12.0 Å². The topological polar surface area (TPSA) is 52.6 Å². The molecular formula is C11H6O4. The van der Waals surface area contributed by atoms with Gasteiger partial charge in [0.15, 0.2) is 5.75 Å². The molecule has 0 atom stereocenters. The van der Waals surface area contributed by atoms with E-state index in [4.69, 9.17) is 4.74 Å². The van der Waals surface area contributed by atoms with Gasteiger partial charge >= 0.3 is 11.9 Å². The lowest BCUT2D eigenvalue weighted by Gasteiger charge is -1.99. The number of carbonyl (C=O) groups is 2. The Kier molecular flexibility index (Phi) is 2.14. The van der Waals surface area contributed by atoms with Gasteiger partial charge in [-0.05, 0) is 12.1 Å². The molecular weight excluding hydrogens is 196 g/mol. The van der Waals surface area contributed by atoms with Crippen LogP contribution in [0.15, 0.2) is 18.2 Å². The smallest absolute Gasteiger partial charge is 0.350 e. The Morgan fingerprint density at radius 1 is 1.27 bits per heavy atom. The predicted octanol–water partition coefficient (Wildman–Crippen LogP) is 1.36. The first-order chi connectivity index (χ1) is 7.24. The predicted molar refractivity (Wildman–Crippen MR) is 50.3 cm³/mol. The maximum atomic E-state index is 11.3. The molecule has 4 heteroatoms. The Morgan fingerprint density at radius 2 is 2.07 bits per heavy atom. The fourth-order valence-electron chi connectivity index (χ4n) is 1.29. The standard InChI is InChI=1S/C11H6O4/c1-2-6-14-8-5-3-4-7-9(8)11(13)15-10(7)12/h3-5H,1H3. The van der Waals surface area contributed by atoms with Crippen LogP contribution in [0.4, 0.5) is 0 Å². The van der Waals surface area contributed by atoms with E-state index >= 15 is 0 Å². The van der Waals surface area contributed by atoms with Crippen LogP contribution in [-0.2, 0) is 4.74 Å². The summed E-state index contributed by atoms with van der Waals surface area (Å²) in [6.45, 7) is 1.60. The summed E-state index contributed by atoms with van der Waals surface area (Å²) in [7, 11) is 0. The molecule has 0 aromatic heterocycles. The molecule has 15 heavy (non-hydrogen) atoms. The van der Waals surface area contributed by atoms with Crippen LogP contribution in [0.25, 0.3) is 0 Å². The van der Waals surface area contributed by atoms with Crippen LogP contribution in [-0.4, -0.2) is 11.9 Å². The third-order valence-electron chi connectivity index (χ3n) is 1.90. The first-order valence-corrected chi connectivity index (χ1v) is 4.22. The second-order valence-corrected chi connectivity index (χ2v) is 2.81. The number of ether oxygens (including phenoxy) is 2. The molecule has 1 aromatic carbocycles. The zero-order valence-electron chi connectivity index (χ0n) is 7.87. The maximum absolute atomic E-state index is 11.3. The van der Waals surface area contributed by atoms with E-state index in [9.17, 15) is 9.59 Å². The van der Waals surface area contributed by atoms with E-state index in [1.54, 1.807) is 19.1 Å². The second-order valence-electron chi connectivity index (χ2n) is 2.81. The molecule has 0 spiro atoms. The first-order valence-electron chi connectivity index (χ1n) is 4.22. The van der Waals surface area contributed by atoms with Gasteiger partial charge in [-0.2, -0.15) is 0 Å². The highest BCUT2D eigenvalue weighted by Crippen LogP contribution is 2.28. The van der Waals surface area contributed by atoms with Crippen LogP contribution < -0.4 is 4.74 Å². The number of benzene rings is 1. The van der Waals surface area contributed by atoms with Gasteiger partial charge in [-0.15, -0.1) is 0 Å². The number of fused-ring (bicyclic) bond motifs is 1. The lowest BCUT2D eigenvalue weighted by Crippen LogP contribution is -1.98. The minimum absolute atomic E-state index is 0.144. The van der Waals surface area contributed by atoms with E-state index in [0.29, 0.717) is 0 Å². The van der Waals surface area contributed by atoms with Crippen molar-refractivity contribution in [2.24, 2.45) is 0 Å². The SMILES string of the molecule is CC#COc1cccc2c1C(=O)OC2=O. The summed E-state index contributed by atoms with van der Waals surface area (Å²) in [5.41, 5.74) is 0.362. The van der Waals surface area contributed by atoms with E-state index in [1.165, 1.54) is 6.07 Å². The number of esters is 2. The maximum Gasteiger partial charge on any atom is 0.350 e. The molecule has 4 nitrogen and oxygen atoms in total. The highest BCUT2D eigenvalue weighted by molar-refractivity contribution is 6.16. The van der Waals surface area contributed by atoms with E-state index < -0.39 is 11.9 Å². The van der Waals surface area contributed by atoms with Gasteiger partial charge in [-0.1, -0.05) is 12.0 Å². The first kappa shape index (κ1) is 9.28. The molecule has 0 saturated heterocycles. The Balaban J connectivity index is 2.53. The number of cyclic esters (lactones) is 2. The molecule has 1 aliphatic heterocycles. The van der Waals surface area contributed by atoms with Gasteiger partial charge in [0.25, 0.3) is 0 Å². The van der Waals surface area contributed by atoms with Crippen molar-refractivity contribution in [3.05, 3.63) is 29.3 Å². The van der Waals surface area contributed by atoms with Gasteiger partial charge in [-0.25, -0.2) is 9.59 Å². The Bertz CT molecular complexity index is 505. The largest absolute Gasteiger partial charge is 0.407 e. The van der Waals surface area contributed by atoms with Crippen molar-refractivity contribution >= 4 is 11.9 Å². The van der Waals surface area contributed by atoms with Crippen molar-refractivity contribution in [2.75, 3.05) is 0 Å². The Hall–Kier alpha value is -2.28. The van der Waals surface area contributed by atoms with Gasteiger partial charge in [0.1, 0.15) is 11.7 Å². The van der Waals surface area contributed by atoms with Crippen LogP contribution >= 0.6 is 0 Å². The van der Waals surface area contributed by atoms with E-state index in [0.717, 1.165) is 0 Å². The molecule has 0 fully saturated rings. The summed E-state index contributed by atoms with van der Waals surface area (Å²) in [6, 6.07) is 4.67. The number of carbonyl (C=O) groups excluding carboxylic acids is 2. The summed E-state index contributed by atoms with van der Waals surface area (Å²) in [5, 5.41) is 0. The van der Waals surface area contributed by atoms with Crippen molar-refractivity contribution in [3.63, 3.8) is 0 Å². The minimum atomic E-state index is -0.691. The number of rotatable bonds is 1. The molecule has 0 saturated carbocycles. The minimum Gasteiger partial charge on any atom is -0.407 e. The van der Waals surface area contributed by atoms with Crippen molar-refractivity contribution in [2.45, 2.75) is 6.92 Å². The highest BCUT2D eigenvalue weighted by Gasteiger charge is 2.32. The second kappa shape index (κ2) is 3.46. The quantitative estimate of drug-likeness (QED) is 0.392. The third-order valence-corrected chi connectivity index (χ3v) is 1.90. The third kappa shape index (κ3) is 1.44. The van der Waals surface area contributed by atoms with Crippen LogP contribution in [0.3, 0.4) is 0 Å². The van der Waals surface area contributed by atoms with Gasteiger partial charge in [0, 0.05) is 6.92 Å². The average Bonchev–Trinajstić information content (AvgIpc) is 2.53. The molecule has 0 radical (unpaired) electrons. The summed E-state index contributed by atoms with van der Waals surface area (Å²) in [6.07, 6.45) is 2.36. The average molecular weight is 202 g/mol. The molecule has 0 bridgehead atoms. The molecule has 74 valence electrons. The van der Waals surface area contributed by atoms with Crippen LogP contribution in [0.5, 0.6) is 5.75 Å². The van der Waals surface area contributed by atoms with Gasteiger partial charge in [0.05, 0.1) is 5.56 Å². The van der Waals surface area contributed by atoms with Crippen molar-refractivity contribution < 1.29 is 19.1 Å². The molecule has 1 aliphatic rings. The van der Waals surface area contributed by atoms with Crippen LogP contribution in [0.1, 0.15) is 27.6 Å². The Labute approximate surface area is 85.8 Å². The lowest BCUT2D eigenvalue weighted by molar-refractivity contribution is 0.0443. The fourth-order valence-corrected chi connectivity index (χ4v) is 1.29. The molecule has 0 aliphatic carbocycles. The van der Waals surface area contributed by atoms with Crippen molar-refractivity contribution in [3.8, 4) is 17.8 Å². The van der Waals surface area contributed by atoms with Gasteiger partial charge < -0.3 is 9.47 Å². The molecule has 0 N–H and O–H groups in total. The molecule has 1 heterocycles. The summed E-state index contributed by atoms with van der Waals surface area (Å²) >= 11 is 0. The lowest BCUT2D eigenvalue weighted by atomic mass is 10.1. The van der Waals surface area contributed by atoms with E-state index in [-0.39, 0.29) is 16.9 Å². The molecule has 0 unspecified atom stereocenters. The van der Waals surface area contributed by atoms with Crippen molar-refractivity contribution in [1.29, 1.82) is 0 Å². The Morgan fingerprint density at radius 3 is 2.80 bits per heavy atom. The zero-order chi connectivity index (χ0) is 10.8. The van der Waals surface area contributed by atoms with E-state index in [1.807, 2.05) is 0 Å². The van der Waals surface area contributed by atoms with Crippen LogP contribution in [0.2, 0.25) is 0 Å². The van der Waals surface area contributed by atoms with Crippen molar-refractivity contribution in [1.82, 2.24) is 0 Å². The normalized spacial score (nSPS) is 12.6. The summed E-state index contributed by atoms with van der Waals surface area (Å²) in [4.78, 5) is 22.5. The number of hydrogen-bond donors (Lipinski definition) is 0. The fraction of sp³-hybridized carbons (Fsp3) is 0.0909. The molecule has 0 amide bonds. The van der Waals surface area contributed by atoms with Gasteiger partial charge in [-0.3, -0.25) is 0 Å². The zero-order valence-corrected chi connectivity index (χ0v) is 7.87. The monoisotopic (exact) mass is 202 g/mol. The molecule has 2 rings (SSSR count). The highest BCUT2D eigenvalue weighted by atomic mass is 16.6. The number of hydrogen-bond acceptors (Lipinski definition) is 4. The molecule has 1 aromatic rings. The summed E-state index contributed by atoms with van der Waals surface area (Å²) < 4.78 is 9.45. The van der Waals surface area contributed by atoms with E-state index in [2.05, 4.69) is 16.8 Å².